The van der Waals surface area contributed by atoms with Crippen LogP contribution in [0.4, 0.5) is 11.5 Å². The van der Waals surface area contributed by atoms with E-state index in [1.54, 1.807) is 0 Å². The zero-order chi connectivity index (χ0) is 11.3. The summed E-state index contributed by atoms with van der Waals surface area (Å²) in [6.45, 7) is 2.80. The summed E-state index contributed by atoms with van der Waals surface area (Å²) in [5.74, 6) is 0.447. The number of unbranched alkanes of at least 4 members (excludes halogenated alkanes) is 1. The fourth-order valence-electron chi connectivity index (χ4n) is 1.07. The van der Waals surface area contributed by atoms with Gasteiger partial charge in [-0.25, -0.2) is 4.98 Å². The van der Waals surface area contributed by atoms with Crippen LogP contribution in [0.1, 0.15) is 19.8 Å². The van der Waals surface area contributed by atoms with Gasteiger partial charge in [-0.1, -0.05) is 24.9 Å². The van der Waals surface area contributed by atoms with Crippen molar-refractivity contribution in [2.75, 3.05) is 11.9 Å². The minimum Gasteiger partial charge on any atom is -0.370 e. The highest BCUT2D eigenvalue weighted by atomic mass is 35.5. The summed E-state index contributed by atoms with van der Waals surface area (Å²) >= 11 is 5.65. The van der Waals surface area contributed by atoms with E-state index in [1.165, 1.54) is 12.1 Å². The molecule has 0 bridgehead atoms. The van der Waals surface area contributed by atoms with Gasteiger partial charge < -0.3 is 5.32 Å². The van der Waals surface area contributed by atoms with Crippen LogP contribution in [0.25, 0.3) is 0 Å². The number of halogens is 1. The molecule has 1 N–H and O–H groups in total. The first-order chi connectivity index (χ1) is 7.13. The lowest BCUT2D eigenvalue weighted by Crippen LogP contribution is -2.03. The summed E-state index contributed by atoms with van der Waals surface area (Å²) in [7, 11) is 0. The standard InChI is InChI=1S/C9H12ClN3O2/c1-2-3-4-11-9-6-7(13(14)15)5-8(10)12-9/h5-6H,2-4H2,1H3,(H,11,12). The van der Waals surface area contributed by atoms with Crippen LogP contribution in [0, 0.1) is 10.1 Å². The Morgan fingerprint density at radius 1 is 1.60 bits per heavy atom. The monoisotopic (exact) mass is 229 g/mol. The first kappa shape index (κ1) is 11.7. The number of hydrogen-bond donors (Lipinski definition) is 1. The van der Waals surface area contributed by atoms with Crippen molar-refractivity contribution >= 4 is 23.1 Å². The molecule has 0 spiro atoms. The Morgan fingerprint density at radius 3 is 2.93 bits per heavy atom. The summed E-state index contributed by atoms with van der Waals surface area (Å²) in [6, 6.07) is 2.61. The van der Waals surface area contributed by atoms with Crippen molar-refractivity contribution in [2.45, 2.75) is 19.8 Å². The zero-order valence-corrected chi connectivity index (χ0v) is 9.12. The highest BCUT2D eigenvalue weighted by Gasteiger charge is 2.09. The van der Waals surface area contributed by atoms with Gasteiger partial charge in [0.1, 0.15) is 11.0 Å². The van der Waals surface area contributed by atoms with Gasteiger partial charge in [0.25, 0.3) is 5.69 Å². The van der Waals surface area contributed by atoms with E-state index in [-0.39, 0.29) is 10.8 Å². The van der Waals surface area contributed by atoms with Crippen molar-refractivity contribution in [1.29, 1.82) is 0 Å². The molecule has 0 saturated heterocycles. The Kier molecular flexibility index (Phi) is 4.30. The number of rotatable bonds is 5. The molecule has 0 aromatic carbocycles. The number of nitrogens with one attached hydrogen (secondary N) is 1. The molecular formula is C9H12ClN3O2. The Balaban J connectivity index is 2.75. The summed E-state index contributed by atoms with van der Waals surface area (Å²) < 4.78 is 0. The number of nitrogens with zero attached hydrogens (tertiary/aromatic N) is 2. The first-order valence-electron chi connectivity index (χ1n) is 4.69. The van der Waals surface area contributed by atoms with Crippen LogP contribution in [0.15, 0.2) is 12.1 Å². The molecule has 0 aliphatic carbocycles. The van der Waals surface area contributed by atoms with Crippen LogP contribution >= 0.6 is 11.6 Å². The maximum Gasteiger partial charge on any atom is 0.276 e. The predicted octanol–water partition coefficient (Wildman–Crippen LogP) is 2.86. The summed E-state index contributed by atoms with van der Waals surface area (Å²) in [5, 5.41) is 13.6. The van der Waals surface area contributed by atoms with Crippen LogP contribution < -0.4 is 5.32 Å². The first-order valence-corrected chi connectivity index (χ1v) is 5.07. The van der Waals surface area contributed by atoms with E-state index in [2.05, 4.69) is 17.2 Å². The molecule has 0 radical (unpaired) electrons. The van der Waals surface area contributed by atoms with Gasteiger partial charge in [0.05, 0.1) is 17.1 Å². The van der Waals surface area contributed by atoms with E-state index in [9.17, 15) is 10.1 Å². The van der Waals surface area contributed by atoms with Gasteiger partial charge in [0, 0.05) is 6.54 Å². The lowest BCUT2D eigenvalue weighted by Gasteiger charge is -2.04. The Hall–Kier alpha value is -1.36. The third-order valence-corrected chi connectivity index (χ3v) is 2.02. The van der Waals surface area contributed by atoms with E-state index in [0.717, 1.165) is 19.4 Å². The molecule has 6 heteroatoms. The number of hydrogen-bond acceptors (Lipinski definition) is 4. The molecular weight excluding hydrogens is 218 g/mol. The van der Waals surface area contributed by atoms with Crippen LogP contribution in [-0.2, 0) is 0 Å². The van der Waals surface area contributed by atoms with Gasteiger partial charge >= 0.3 is 0 Å². The molecule has 0 unspecified atom stereocenters. The highest BCUT2D eigenvalue weighted by molar-refractivity contribution is 6.29. The maximum atomic E-state index is 10.5. The van der Waals surface area contributed by atoms with Gasteiger partial charge in [0.2, 0.25) is 0 Å². The van der Waals surface area contributed by atoms with Gasteiger partial charge in [-0.3, -0.25) is 10.1 Å². The second-order valence-corrected chi connectivity index (χ2v) is 3.46. The van der Waals surface area contributed by atoms with Crippen molar-refractivity contribution < 1.29 is 4.92 Å². The molecule has 1 rings (SSSR count). The summed E-state index contributed by atoms with van der Waals surface area (Å²) in [4.78, 5) is 14.0. The SMILES string of the molecule is CCCCNc1cc([N+](=O)[O-])cc(Cl)n1. The lowest BCUT2D eigenvalue weighted by molar-refractivity contribution is -0.384. The summed E-state index contributed by atoms with van der Waals surface area (Å²) in [6.07, 6.45) is 2.04. The molecule has 82 valence electrons. The van der Waals surface area contributed by atoms with E-state index in [0.29, 0.717) is 5.82 Å². The molecule has 0 aliphatic heterocycles. The molecule has 0 atom stereocenters. The highest BCUT2D eigenvalue weighted by Crippen LogP contribution is 2.20. The fraction of sp³-hybridized carbons (Fsp3) is 0.444. The molecule has 0 aliphatic rings. The average molecular weight is 230 g/mol. The van der Waals surface area contributed by atoms with Crippen molar-refractivity contribution in [3.05, 3.63) is 27.4 Å². The fourth-order valence-corrected chi connectivity index (χ4v) is 1.28. The van der Waals surface area contributed by atoms with E-state index in [1.807, 2.05) is 0 Å². The van der Waals surface area contributed by atoms with Gasteiger partial charge in [-0.05, 0) is 6.42 Å². The number of pyridine rings is 1. The molecule has 1 aromatic heterocycles. The van der Waals surface area contributed by atoms with Crippen LogP contribution in [0.5, 0.6) is 0 Å². The minimum atomic E-state index is -0.488. The third-order valence-electron chi connectivity index (χ3n) is 1.83. The Bertz CT molecular complexity index is 357. The van der Waals surface area contributed by atoms with E-state index in [4.69, 9.17) is 11.6 Å². The van der Waals surface area contributed by atoms with Gasteiger partial charge in [-0.15, -0.1) is 0 Å². The number of aromatic nitrogens is 1. The van der Waals surface area contributed by atoms with Crippen LogP contribution in [0.3, 0.4) is 0 Å². The quantitative estimate of drug-likeness (QED) is 0.365. The molecule has 0 fully saturated rings. The van der Waals surface area contributed by atoms with Crippen molar-refractivity contribution in [1.82, 2.24) is 4.98 Å². The van der Waals surface area contributed by atoms with Crippen LogP contribution in [0.2, 0.25) is 5.15 Å². The van der Waals surface area contributed by atoms with Crippen molar-refractivity contribution in [2.24, 2.45) is 0 Å². The van der Waals surface area contributed by atoms with Gasteiger partial charge in [-0.2, -0.15) is 0 Å². The molecule has 1 aromatic rings. The second-order valence-electron chi connectivity index (χ2n) is 3.07. The van der Waals surface area contributed by atoms with Crippen molar-refractivity contribution in [3.8, 4) is 0 Å². The predicted molar refractivity (Wildman–Crippen MR) is 59.3 cm³/mol. The van der Waals surface area contributed by atoms with E-state index < -0.39 is 4.92 Å². The zero-order valence-electron chi connectivity index (χ0n) is 8.36. The van der Waals surface area contributed by atoms with Crippen molar-refractivity contribution in [3.63, 3.8) is 0 Å². The molecule has 5 nitrogen and oxygen atoms in total. The minimum absolute atomic E-state index is 0.0472. The normalized spacial score (nSPS) is 10.0. The Morgan fingerprint density at radius 2 is 2.33 bits per heavy atom. The topological polar surface area (TPSA) is 68.1 Å². The Labute approximate surface area is 92.6 Å². The number of nitro groups is 1. The summed E-state index contributed by atoms with van der Waals surface area (Å²) in [5.41, 5.74) is -0.0472. The molecule has 0 amide bonds. The lowest BCUT2D eigenvalue weighted by atomic mass is 10.3. The van der Waals surface area contributed by atoms with Gasteiger partial charge in [0.15, 0.2) is 0 Å². The maximum absolute atomic E-state index is 10.5. The third kappa shape index (κ3) is 3.71. The molecule has 15 heavy (non-hydrogen) atoms. The number of anilines is 1. The van der Waals surface area contributed by atoms with E-state index >= 15 is 0 Å². The smallest absolute Gasteiger partial charge is 0.276 e. The molecule has 1 heterocycles. The van der Waals surface area contributed by atoms with Crippen LogP contribution in [-0.4, -0.2) is 16.5 Å². The second kappa shape index (κ2) is 5.50. The molecule has 0 saturated carbocycles. The average Bonchev–Trinajstić information content (AvgIpc) is 2.17. The largest absolute Gasteiger partial charge is 0.370 e.